The minimum atomic E-state index is -4.17. The molecule has 16 heavy (non-hydrogen) atoms. The highest BCUT2D eigenvalue weighted by Gasteiger charge is 2.25. The zero-order chi connectivity index (χ0) is 12.2. The molecule has 0 aliphatic heterocycles. The van der Waals surface area contributed by atoms with Crippen molar-refractivity contribution in [1.82, 2.24) is 0 Å². The molecule has 0 aliphatic carbocycles. The summed E-state index contributed by atoms with van der Waals surface area (Å²) in [5, 5.41) is 2.51. The van der Waals surface area contributed by atoms with E-state index < -0.39 is 18.4 Å². The Morgan fingerprint density at radius 3 is 2.56 bits per heavy atom. The van der Waals surface area contributed by atoms with Crippen molar-refractivity contribution in [1.29, 1.82) is 0 Å². The molecule has 1 aromatic rings. The van der Waals surface area contributed by atoms with Crippen molar-refractivity contribution in [2.45, 2.75) is 19.0 Å². The van der Waals surface area contributed by atoms with Crippen LogP contribution in [0.3, 0.4) is 0 Å². The largest absolute Gasteiger partial charge is 0.389 e. The molecule has 1 nitrogen and oxygen atoms in total. The smallest absolute Gasteiger partial charge is 0.383 e. The van der Waals surface area contributed by atoms with Crippen LogP contribution in [0.5, 0.6) is 0 Å². The minimum absolute atomic E-state index is 0.0524. The number of halogens is 5. The first-order valence-corrected chi connectivity index (χ1v) is 5.02. The molecule has 0 atom stereocenters. The van der Waals surface area contributed by atoms with Crippen LogP contribution >= 0.6 is 11.6 Å². The lowest BCUT2D eigenvalue weighted by Crippen LogP contribution is -2.11. The van der Waals surface area contributed by atoms with E-state index in [1.165, 1.54) is 18.2 Å². The van der Waals surface area contributed by atoms with Crippen LogP contribution in [0.4, 0.5) is 23.2 Å². The van der Waals surface area contributed by atoms with Crippen molar-refractivity contribution in [3.63, 3.8) is 0 Å². The highest BCUT2D eigenvalue weighted by atomic mass is 35.5. The fourth-order valence-electron chi connectivity index (χ4n) is 1.15. The predicted molar refractivity (Wildman–Crippen MR) is 55.2 cm³/mol. The Morgan fingerprint density at radius 1 is 1.25 bits per heavy atom. The fourth-order valence-corrected chi connectivity index (χ4v) is 1.33. The Morgan fingerprint density at radius 2 is 1.94 bits per heavy atom. The van der Waals surface area contributed by atoms with E-state index in [1.807, 2.05) is 0 Å². The molecule has 0 saturated heterocycles. The molecule has 6 heteroatoms. The van der Waals surface area contributed by atoms with Crippen LogP contribution in [0, 0.1) is 5.82 Å². The molecular formula is C10H10ClF4N. The molecule has 0 aromatic heterocycles. The summed E-state index contributed by atoms with van der Waals surface area (Å²) in [6, 6.07) is 4.32. The average Bonchev–Trinajstić information content (AvgIpc) is 2.17. The lowest BCUT2D eigenvalue weighted by Gasteiger charge is -2.09. The Labute approximate surface area is 95.4 Å². The number of rotatable bonds is 4. The summed E-state index contributed by atoms with van der Waals surface area (Å²) in [5.41, 5.74) is 0.120. The zero-order valence-electron chi connectivity index (χ0n) is 8.24. The topological polar surface area (TPSA) is 12.0 Å². The second-order valence-electron chi connectivity index (χ2n) is 3.25. The monoisotopic (exact) mass is 255 g/mol. The Balaban J connectivity index is 2.41. The first kappa shape index (κ1) is 13.1. The standard InChI is InChI=1S/C10H10ClF4N/c11-7-3-1-4-8(9(7)12)16-6-2-5-10(13,14)15/h1,3-4,16H,2,5-6H2. The Kier molecular flexibility index (Phi) is 4.41. The molecule has 0 unspecified atom stereocenters. The highest BCUT2D eigenvalue weighted by molar-refractivity contribution is 6.31. The highest BCUT2D eigenvalue weighted by Crippen LogP contribution is 2.23. The quantitative estimate of drug-likeness (QED) is 0.627. The second kappa shape index (κ2) is 5.39. The van der Waals surface area contributed by atoms with Gasteiger partial charge in [0.15, 0.2) is 5.82 Å². The van der Waals surface area contributed by atoms with E-state index in [1.54, 1.807) is 0 Å². The van der Waals surface area contributed by atoms with Gasteiger partial charge in [-0.15, -0.1) is 0 Å². The number of alkyl halides is 3. The van der Waals surface area contributed by atoms with Crippen LogP contribution in [0.15, 0.2) is 18.2 Å². The summed E-state index contributed by atoms with van der Waals surface area (Å²) in [5.74, 6) is -0.642. The molecule has 0 aliphatic rings. The first-order chi connectivity index (χ1) is 7.40. The van der Waals surface area contributed by atoms with Gasteiger partial charge in [-0.3, -0.25) is 0 Å². The van der Waals surface area contributed by atoms with E-state index >= 15 is 0 Å². The molecule has 0 amide bonds. The van der Waals surface area contributed by atoms with E-state index in [2.05, 4.69) is 5.32 Å². The summed E-state index contributed by atoms with van der Waals surface area (Å²) >= 11 is 5.50. The van der Waals surface area contributed by atoms with Gasteiger partial charge in [0.05, 0.1) is 10.7 Å². The van der Waals surface area contributed by atoms with Gasteiger partial charge >= 0.3 is 6.18 Å². The van der Waals surface area contributed by atoms with Gasteiger partial charge in [-0.25, -0.2) is 4.39 Å². The van der Waals surface area contributed by atoms with Gasteiger partial charge in [0.2, 0.25) is 0 Å². The molecule has 0 radical (unpaired) electrons. The number of benzene rings is 1. The summed E-state index contributed by atoms with van der Waals surface area (Å²) in [7, 11) is 0. The average molecular weight is 256 g/mol. The van der Waals surface area contributed by atoms with Gasteiger partial charge in [0, 0.05) is 13.0 Å². The van der Waals surface area contributed by atoms with Crippen molar-refractivity contribution in [3.05, 3.63) is 29.0 Å². The van der Waals surface area contributed by atoms with E-state index in [9.17, 15) is 17.6 Å². The molecule has 1 N–H and O–H groups in total. The van der Waals surface area contributed by atoms with Gasteiger partial charge in [0.25, 0.3) is 0 Å². The third kappa shape index (κ3) is 4.26. The van der Waals surface area contributed by atoms with E-state index in [0.717, 1.165) is 0 Å². The number of nitrogens with one attached hydrogen (secondary N) is 1. The SMILES string of the molecule is Fc1c(Cl)cccc1NCCCC(F)(F)F. The van der Waals surface area contributed by atoms with Crippen LogP contribution in [0.25, 0.3) is 0 Å². The molecule has 1 rings (SSSR count). The summed E-state index contributed by atoms with van der Waals surface area (Å²) in [4.78, 5) is 0. The third-order valence-electron chi connectivity index (χ3n) is 1.90. The summed E-state index contributed by atoms with van der Waals surface area (Å²) < 4.78 is 48.7. The molecule has 1 aromatic carbocycles. The Hall–Kier alpha value is -0.970. The molecule has 0 bridgehead atoms. The van der Waals surface area contributed by atoms with Gasteiger partial charge in [-0.1, -0.05) is 17.7 Å². The van der Waals surface area contributed by atoms with Gasteiger partial charge in [0.1, 0.15) is 0 Å². The van der Waals surface area contributed by atoms with Crippen LogP contribution in [0.2, 0.25) is 5.02 Å². The van der Waals surface area contributed by atoms with Crippen LogP contribution < -0.4 is 5.32 Å². The third-order valence-corrected chi connectivity index (χ3v) is 2.20. The Bertz CT molecular complexity index is 351. The van der Waals surface area contributed by atoms with Gasteiger partial charge in [-0.2, -0.15) is 13.2 Å². The van der Waals surface area contributed by atoms with Crippen molar-refractivity contribution in [2.75, 3.05) is 11.9 Å². The van der Waals surface area contributed by atoms with E-state index in [-0.39, 0.29) is 23.7 Å². The van der Waals surface area contributed by atoms with Gasteiger partial charge < -0.3 is 5.32 Å². The second-order valence-corrected chi connectivity index (χ2v) is 3.65. The lowest BCUT2D eigenvalue weighted by molar-refractivity contribution is -0.134. The van der Waals surface area contributed by atoms with Crippen LogP contribution in [0.1, 0.15) is 12.8 Å². The van der Waals surface area contributed by atoms with Crippen LogP contribution in [-0.2, 0) is 0 Å². The predicted octanol–water partition coefficient (Wildman–Crippen LogP) is 4.23. The fraction of sp³-hybridized carbons (Fsp3) is 0.400. The molecule has 90 valence electrons. The number of hydrogen-bond donors (Lipinski definition) is 1. The van der Waals surface area contributed by atoms with Crippen molar-refractivity contribution >= 4 is 17.3 Å². The molecule has 0 spiro atoms. The normalized spacial score (nSPS) is 11.6. The molecule has 0 fully saturated rings. The minimum Gasteiger partial charge on any atom is -0.383 e. The number of hydrogen-bond acceptors (Lipinski definition) is 1. The van der Waals surface area contributed by atoms with Crippen molar-refractivity contribution in [3.8, 4) is 0 Å². The maximum atomic E-state index is 13.2. The lowest BCUT2D eigenvalue weighted by atomic mass is 10.2. The van der Waals surface area contributed by atoms with Crippen molar-refractivity contribution in [2.24, 2.45) is 0 Å². The summed E-state index contributed by atoms with van der Waals surface area (Å²) in [6.07, 6.45) is -5.16. The van der Waals surface area contributed by atoms with E-state index in [0.29, 0.717) is 0 Å². The zero-order valence-corrected chi connectivity index (χ0v) is 9.00. The molecular weight excluding hydrogens is 246 g/mol. The van der Waals surface area contributed by atoms with Gasteiger partial charge in [-0.05, 0) is 18.6 Å². The molecule has 0 heterocycles. The van der Waals surface area contributed by atoms with Crippen LogP contribution in [-0.4, -0.2) is 12.7 Å². The maximum Gasteiger partial charge on any atom is 0.389 e. The maximum absolute atomic E-state index is 13.2. The van der Waals surface area contributed by atoms with Crippen molar-refractivity contribution < 1.29 is 17.6 Å². The first-order valence-electron chi connectivity index (χ1n) is 4.65. The molecule has 0 saturated carbocycles. The van der Waals surface area contributed by atoms with E-state index in [4.69, 9.17) is 11.6 Å². The number of anilines is 1. The summed E-state index contributed by atoms with van der Waals surface area (Å²) in [6.45, 7) is 0.0524.